The van der Waals surface area contributed by atoms with Gasteiger partial charge in [0.15, 0.2) is 14.6 Å². The lowest BCUT2D eigenvalue weighted by Gasteiger charge is -2.38. The first-order valence-electron chi connectivity index (χ1n) is 10.7. The number of ether oxygens (including phenoxy) is 1. The van der Waals surface area contributed by atoms with E-state index >= 15 is 0 Å². The van der Waals surface area contributed by atoms with Crippen LogP contribution in [0.5, 0.6) is 11.5 Å². The van der Waals surface area contributed by atoms with Crippen LogP contribution >= 0.6 is 11.6 Å². The minimum atomic E-state index is -1.90. The fourth-order valence-electron chi connectivity index (χ4n) is 3.26. The molecule has 3 aromatic rings. The number of hydrogen-bond donors (Lipinski definition) is 0. The molecule has 0 aliphatic carbocycles. The predicted molar refractivity (Wildman–Crippen MR) is 132 cm³/mol. The molecule has 0 aliphatic rings. The lowest BCUT2D eigenvalue weighted by molar-refractivity contribution is 0.112. The third-order valence-corrected chi connectivity index (χ3v) is 10.9. The smallest absolute Gasteiger partial charge is 0.193 e. The summed E-state index contributed by atoms with van der Waals surface area (Å²) in [6, 6.07) is 12.6. The summed E-state index contributed by atoms with van der Waals surface area (Å²) in [4.78, 5) is 15.9. The molecule has 1 aromatic heterocycles. The van der Waals surface area contributed by atoms with E-state index in [-0.39, 0.29) is 11.1 Å². The zero-order valence-corrected chi connectivity index (χ0v) is 21.5. The van der Waals surface area contributed by atoms with Gasteiger partial charge in [-0.2, -0.15) is 0 Å². The van der Waals surface area contributed by atoms with Crippen LogP contribution in [0.2, 0.25) is 23.2 Å². The highest BCUT2D eigenvalue weighted by Gasteiger charge is 2.39. The van der Waals surface area contributed by atoms with Crippen molar-refractivity contribution < 1.29 is 14.0 Å². The second-order valence-electron chi connectivity index (χ2n) is 9.51. The molecule has 0 saturated carbocycles. The van der Waals surface area contributed by atoms with Crippen LogP contribution in [0.4, 0.5) is 0 Å². The van der Waals surface area contributed by atoms with Gasteiger partial charge < -0.3 is 13.7 Å². The first kappa shape index (κ1) is 24.2. The number of hydrogen-bond acceptors (Lipinski definition) is 4. The van der Waals surface area contributed by atoms with Gasteiger partial charge in [-0.1, -0.05) is 32.4 Å². The Balaban J connectivity index is 1.80. The summed E-state index contributed by atoms with van der Waals surface area (Å²) in [5.41, 5.74) is 2.46. The number of imidazole rings is 1. The van der Waals surface area contributed by atoms with E-state index < -0.39 is 8.32 Å². The van der Waals surface area contributed by atoms with E-state index in [1.807, 2.05) is 37.5 Å². The Bertz CT molecular complexity index is 1100. The number of halogens is 1. The molecule has 3 rings (SSSR count). The minimum absolute atomic E-state index is 0.0955. The average molecular weight is 471 g/mol. The van der Waals surface area contributed by atoms with Gasteiger partial charge in [0.25, 0.3) is 0 Å². The van der Waals surface area contributed by atoms with Crippen molar-refractivity contribution in [2.75, 3.05) is 0 Å². The maximum atomic E-state index is 11.3. The summed E-state index contributed by atoms with van der Waals surface area (Å²) in [5.74, 6) is 1.95. The maximum absolute atomic E-state index is 11.3. The highest BCUT2D eigenvalue weighted by Crippen LogP contribution is 2.40. The molecule has 7 heteroatoms. The zero-order valence-electron chi connectivity index (χ0n) is 19.8. The van der Waals surface area contributed by atoms with Gasteiger partial charge in [-0.15, -0.1) is 0 Å². The molecule has 170 valence electrons. The summed E-state index contributed by atoms with van der Waals surface area (Å²) in [6.45, 7) is 13.3. The van der Waals surface area contributed by atoms with Crippen LogP contribution in [-0.2, 0) is 11.5 Å². The number of aldehydes is 1. The Kier molecular flexibility index (Phi) is 6.98. The lowest BCUT2D eigenvalue weighted by atomic mass is 10.1. The van der Waals surface area contributed by atoms with Crippen LogP contribution < -0.4 is 4.74 Å². The molecule has 1 atom stereocenters. The van der Waals surface area contributed by atoms with Crippen molar-refractivity contribution in [3.8, 4) is 22.8 Å². The van der Waals surface area contributed by atoms with Gasteiger partial charge in [0.05, 0.1) is 17.5 Å². The molecule has 0 bridgehead atoms. The Labute approximate surface area is 196 Å². The monoisotopic (exact) mass is 470 g/mol. The standard InChI is InChI=1S/C25H31ClN2O3Si/c1-17(31-32(6,7)25(2,3)4)24-27-15-22(28(24)5)18-9-12-21(13-10-18)30-23-14-20(26)11-8-19(23)16-29/h8-17H,1-7H3. The van der Waals surface area contributed by atoms with Crippen molar-refractivity contribution in [3.05, 3.63) is 65.1 Å². The molecule has 0 spiro atoms. The van der Waals surface area contributed by atoms with Crippen molar-refractivity contribution >= 4 is 26.2 Å². The van der Waals surface area contributed by atoms with E-state index in [9.17, 15) is 4.79 Å². The number of rotatable bonds is 7. The Morgan fingerprint density at radius 1 is 1.12 bits per heavy atom. The summed E-state index contributed by atoms with van der Waals surface area (Å²) >= 11 is 6.04. The molecule has 5 nitrogen and oxygen atoms in total. The second kappa shape index (κ2) is 9.22. The van der Waals surface area contributed by atoms with E-state index in [1.54, 1.807) is 18.2 Å². The quantitative estimate of drug-likeness (QED) is 0.266. The van der Waals surface area contributed by atoms with Gasteiger partial charge in [0.2, 0.25) is 0 Å². The summed E-state index contributed by atoms with van der Waals surface area (Å²) in [7, 11) is 0.105. The van der Waals surface area contributed by atoms with Crippen molar-refractivity contribution in [2.45, 2.75) is 51.9 Å². The van der Waals surface area contributed by atoms with Crippen LogP contribution in [0.1, 0.15) is 50.0 Å². The number of nitrogens with zero attached hydrogens (tertiary/aromatic N) is 2. The Morgan fingerprint density at radius 2 is 1.78 bits per heavy atom. The van der Waals surface area contributed by atoms with Crippen LogP contribution in [0, 0.1) is 0 Å². The lowest BCUT2D eigenvalue weighted by Crippen LogP contribution is -2.41. The van der Waals surface area contributed by atoms with Gasteiger partial charge in [-0.25, -0.2) is 4.98 Å². The topological polar surface area (TPSA) is 53.4 Å². The fraction of sp³-hybridized carbons (Fsp3) is 0.360. The molecule has 1 unspecified atom stereocenters. The first-order valence-corrected chi connectivity index (χ1v) is 13.9. The highest BCUT2D eigenvalue weighted by molar-refractivity contribution is 6.74. The number of carbonyl (C=O) groups is 1. The fourth-order valence-corrected chi connectivity index (χ4v) is 4.76. The third-order valence-electron chi connectivity index (χ3n) is 6.15. The Morgan fingerprint density at radius 3 is 2.38 bits per heavy atom. The SMILES string of the molecule is CC(O[Si](C)(C)C(C)(C)C)c1ncc(-c2ccc(Oc3cc(Cl)ccc3C=O)cc2)n1C. The highest BCUT2D eigenvalue weighted by atomic mass is 35.5. The van der Waals surface area contributed by atoms with Gasteiger partial charge in [0, 0.05) is 23.7 Å². The molecule has 0 radical (unpaired) electrons. The van der Waals surface area contributed by atoms with Crippen LogP contribution in [0.15, 0.2) is 48.7 Å². The van der Waals surface area contributed by atoms with E-state index in [1.165, 1.54) is 0 Å². The molecular weight excluding hydrogens is 440 g/mol. The van der Waals surface area contributed by atoms with Gasteiger partial charge in [0.1, 0.15) is 23.4 Å². The predicted octanol–water partition coefficient (Wildman–Crippen LogP) is 7.43. The molecule has 1 heterocycles. The number of aromatic nitrogens is 2. The molecule has 0 saturated heterocycles. The zero-order chi connectivity index (χ0) is 23.7. The van der Waals surface area contributed by atoms with Crippen LogP contribution in [-0.4, -0.2) is 24.2 Å². The summed E-state index contributed by atoms with van der Waals surface area (Å²) < 4.78 is 14.5. The van der Waals surface area contributed by atoms with Crippen LogP contribution in [0.25, 0.3) is 11.3 Å². The van der Waals surface area contributed by atoms with Crippen LogP contribution in [0.3, 0.4) is 0 Å². The van der Waals surface area contributed by atoms with Gasteiger partial charge in [-0.05, 0) is 61.5 Å². The molecule has 0 aliphatic heterocycles. The van der Waals surface area contributed by atoms with E-state index in [0.29, 0.717) is 22.1 Å². The molecule has 0 N–H and O–H groups in total. The van der Waals surface area contributed by atoms with Crippen molar-refractivity contribution in [1.29, 1.82) is 0 Å². The third kappa shape index (κ3) is 5.14. The van der Waals surface area contributed by atoms with Gasteiger partial charge in [-0.3, -0.25) is 4.79 Å². The van der Waals surface area contributed by atoms with E-state index in [0.717, 1.165) is 23.4 Å². The maximum Gasteiger partial charge on any atom is 0.193 e. The van der Waals surface area contributed by atoms with Crippen molar-refractivity contribution in [1.82, 2.24) is 9.55 Å². The Hall–Kier alpha value is -2.41. The summed E-state index contributed by atoms with van der Waals surface area (Å²) in [5, 5.41) is 0.649. The van der Waals surface area contributed by atoms with Crippen molar-refractivity contribution in [2.24, 2.45) is 7.05 Å². The normalized spacial score (nSPS) is 13.1. The largest absolute Gasteiger partial charge is 0.457 e. The number of benzene rings is 2. The minimum Gasteiger partial charge on any atom is -0.457 e. The molecule has 2 aromatic carbocycles. The molecule has 0 fully saturated rings. The van der Waals surface area contributed by atoms with E-state index in [4.69, 9.17) is 20.8 Å². The second-order valence-corrected chi connectivity index (χ2v) is 14.7. The molecule has 0 amide bonds. The average Bonchev–Trinajstić information content (AvgIpc) is 3.09. The molecular formula is C25H31ClN2O3Si. The van der Waals surface area contributed by atoms with Crippen molar-refractivity contribution in [3.63, 3.8) is 0 Å². The first-order chi connectivity index (χ1) is 14.9. The van der Waals surface area contributed by atoms with E-state index in [2.05, 4.69) is 50.3 Å². The van der Waals surface area contributed by atoms with Gasteiger partial charge >= 0.3 is 0 Å². The number of carbonyl (C=O) groups excluding carboxylic acids is 1. The molecule has 32 heavy (non-hydrogen) atoms. The summed E-state index contributed by atoms with van der Waals surface area (Å²) in [6.07, 6.45) is 2.53.